The molecule has 1 aromatic carbocycles. The third kappa shape index (κ3) is 4.12. The lowest BCUT2D eigenvalue weighted by Crippen LogP contribution is -2.41. The number of aliphatic hydroxyl groups excluding tert-OH is 1. The molecule has 1 aliphatic heterocycles. The minimum absolute atomic E-state index is 0.0352. The monoisotopic (exact) mass is 344 g/mol. The first-order valence-electron chi connectivity index (χ1n) is 9.28. The van der Waals surface area contributed by atoms with Crippen molar-refractivity contribution < 1.29 is 19.4 Å². The fraction of sp³-hybridized carbons (Fsp3) is 0.524. The van der Waals surface area contributed by atoms with Crippen LogP contribution in [0.3, 0.4) is 0 Å². The highest BCUT2D eigenvalue weighted by molar-refractivity contribution is 6.09. The van der Waals surface area contributed by atoms with E-state index in [9.17, 15) is 14.7 Å². The van der Waals surface area contributed by atoms with Crippen molar-refractivity contribution in [2.75, 3.05) is 0 Å². The molecule has 4 nitrogen and oxygen atoms in total. The molecule has 1 aliphatic rings. The van der Waals surface area contributed by atoms with Crippen LogP contribution in [0.15, 0.2) is 41.7 Å². The number of carbonyl (C=O) groups excluding carboxylic acids is 2. The van der Waals surface area contributed by atoms with E-state index in [-0.39, 0.29) is 17.4 Å². The molecule has 0 radical (unpaired) electrons. The molecule has 1 heterocycles. The molecule has 0 fully saturated rings. The summed E-state index contributed by atoms with van der Waals surface area (Å²) in [5, 5.41) is 10.6. The van der Waals surface area contributed by atoms with Gasteiger partial charge in [0, 0.05) is 11.8 Å². The Labute approximate surface area is 149 Å². The number of ketones is 1. The average Bonchev–Trinajstić information content (AvgIpc) is 2.62. The minimum atomic E-state index is -0.857. The Bertz CT molecular complexity index is 627. The fourth-order valence-corrected chi connectivity index (χ4v) is 3.69. The number of aliphatic hydroxyl groups is 1. The largest absolute Gasteiger partial charge is 0.504 e. The second-order valence-electron chi connectivity index (χ2n) is 6.66. The van der Waals surface area contributed by atoms with Gasteiger partial charge in [0.25, 0.3) is 0 Å². The van der Waals surface area contributed by atoms with Gasteiger partial charge in [-0.3, -0.25) is 4.79 Å². The summed E-state index contributed by atoms with van der Waals surface area (Å²) in [6.07, 6.45) is 3.16. The Hall–Kier alpha value is -2.10. The van der Waals surface area contributed by atoms with Gasteiger partial charge in [0.15, 0.2) is 11.9 Å². The summed E-state index contributed by atoms with van der Waals surface area (Å²) in [6.45, 7) is 6.02. The summed E-state index contributed by atoms with van der Waals surface area (Å²) < 4.78 is 5.55. The predicted molar refractivity (Wildman–Crippen MR) is 97.3 cm³/mol. The van der Waals surface area contributed by atoms with Gasteiger partial charge in [-0.2, -0.15) is 0 Å². The summed E-state index contributed by atoms with van der Waals surface area (Å²) in [7, 11) is 0. The van der Waals surface area contributed by atoms with E-state index < -0.39 is 23.6 Å². The van der Waals surface area contributed by atoms with Crippen LogP contribution in [-0.4, -0.2) is 23.0 Å². The Kier molecular flexibility index (Phi) is 6.80. The van der Waals surface area contributed by atoms with E-state index in [4.69, 9.17) is 4.74 Å². The van der Waals surface area contributed by atoms with Gasteiger partial charge in [0.1, 0.15) is 0 Å². The lowest BCUT2D eigenvalue weighted by Gasteiger charge is -2.31. The van der Waals surface area contributed by atoms with Crippen LogP contribution in [0.5, 0.6) is 0 Å². The van der Waals surface area contributed by atoms with Crippen LogP contribution in [0.25, 0.3) is 0 Å². The number of carbonyl (C=O) groups is 2. The molecule has 0 bridgehead atoms. The maximum absolute atomic E-state index is 12.7. The number of benzene rings is 1. The van der Waals surface area contributed by atoms with Crippen molar-refractivity contribution >= 4 is 11.8 Å². The summed E-state index contributed by atoms with van der Waals surface area (Å²) in [5.41, 5.74) is 0.995. The minimum Gasteiger partial charge on any atom is -0.504 e. The fourth-order valence-electron chi connectivity index (χ4n) is 3.69. The molecular weight excluding hydrogens is 316 g/mol. The second-order valence-corrected chi connectivity index (χ2v) is 6.66. The molecule has 0 saturated heterocycles. The summed E-state index contributed by atoms with van der Waals surface area (Å²) in [5.74, 6) is -1.79. The first-order valence-corrected chi connectivity index (χ1v) is 9.28. The quantitative estimate of drug-likeness (QED) is 0.694. The SMILES string of the molecule is CCCC(CCC)C1OC(=O)C(C(CC)c2ccccc2)=C(O)C1=O. The van der Waals surface area contributed by atoms with E-state index in [0.29, 0.717) is 6.42 Å². The van der Waals surface area contributed by atoms with Crippen molar-refractivity contribution in [2.24, 2.45) is 5.92 Å². The second kappa shape index (κ2) is 8.84. The van der Waals surface area contributed by atoms with Crippen molar-refractivity contribution in [3.8, 4) is 0 Å². The predicted octanol–water partition coefficient (Wildman–Crippen LogP) is 4.70. The number of hydrogen-bond acceptors (Lipinski definition) is 4. The zero-order valence-electron chi connectivity index (χ0n) is 15.3. The highest BCUT2D eigenvalue weighted by atomic mass is 16.6. The molecule has 25 heavy (non-hydrogen) atoms. The highest BCUT2D eigenvalue weighted by Crippen LogP contribution is 2.36. The number of ether oxygens (including phenoxy) is 1. The number of Topliss-reactive ketones (excluding diaryl/α,β-unsaturated/α-hetero) is 1. The van der Waals surface area contributed by atoms with Gasteiger partial charge in [-0.1, -0.05) is 63.9 Å². The smallest absolute Gasteiger partial charge is 0.339 e. The van der Waals surface area contributed by atoms with Gasteiger partial charge in [-0.25, -0.2) is 4.79 Å². The normalized spacial score (nSPS) is 19.3. The van der Waals surface area contributed by atoms with Crippen molar-refractivity contribution in [1.82, 2.24) is 0 Å². The Balaban J connectivity index is 2.37. The van der Waals surface area contributed by atoms with Crippen LogP contribution in [0.4, 0.5) is 0 Å². The third-order valence-corrected chi connectivity index (χ3v) is 4.91. The Morgan fingerprint density at radius 1 is 1.04 bits per heavy atom. The van der Waals surface area contributed by atoms with Crippen LogP contribution in [0, 0.1) is 5.92 Å². The number of cyclic esters (lactones) is 1. The molecular formula is C21H28O4. The van der Waals surface area contributed by atoms with E-state index in [1.807, 2.05) is 51.1 Å². The average molecular weight is 344 g/mol. The first-order chi connectivity index (χ1) is 12.0. The maximum atomic E-state index is 12.7. The Morgan fingerprint density at radius 2 is 1.64 bits per heavy atom. The summed E-state index contributed by atoms with van der Waals surface area (Å²) >= 11 is 0. The summed E-state index contributed by atoms with van der Waals surface area (Å²) in [6, 6.07) is 9.45. The van der Waals surface area contributed by atoms with E-state index in [1.54, 1.807) is 0 Å². The molecule has 0 saturated carbocycles. The standard InChI is InChI=1S/C21H28O4/c1-4-10-15(11-5-2)20-19(23)18(22)17(21(24)25-20)16(6-3)14-12-8-7-9-13-14/h7-9,12-13,15-16,20,22H,4-6,10-11H2,1-3H3. The van der Waals surface area contributed by atoms with E-state index in [1.165, 1.54) is 0 Å². The molecule has 4 heteroatoms. The van der Waals surface area contributed by atoms with Gasteiger partial charge in [-0.15, -0.1) is 0 Å². The molecule has 136 valence electrons. The van der Waals surface area contributed by atoms with Crippen molar-refractivity contribution in [3.63, 3.8) is 0 Å². The molecule has 2 rings (SSSR count). The number of hydrogen-bond donors (Lipinski definition) is 1. The first kappa shape index (κ1) is 19.2. The van der Waals surface area contributed by atoms with Crippen LogP contribution in [0.1, 0.15) is 64.4 Å². The molecule has 2 unspecified atom stereocenters. The molecule has 1 N–H and O–H groups in total. The molecule has 1 aromatic rings. The molecule has 0 amide bonds. The number of esters is 1. The summed E-state index contributed by atoms with van der Waals surface area (Å²) in [4.78, 5) is 25.4. The third-order valence-electron chi connectivity index (χ3n) is 4.91. The van der Waals surface area contributed by atoms with Crippen molar-refractivity contribution in [1.29, 1.82) is 0 Å². The maximum Gasteiger partial charge on any atom is 0.339 e. The lowest BCUT2D eigenvalue weighted by atomic mass is 9.82. The van der Waals surface area contributed by atoms with Crippen molar-refractivity contribution in [2.45, 2.75) is 64.9 Å². The van der Waals surface area contributed by atoms with Gasteiger partial charge < -0.3 is 9.84 Å². The molecule has 0 aliphatic carbocycles. The van der Waals surface area contributed by atoms with Crippen LogP contribution < -0.4 is 0 Å². The number of rotatable bonds is 8. The zero-order valence-corrected chi connectivity index (χ0v) is 15.3. The molecule has 2 atom stereocenters. The molecule has 0 spiro atoms. The Morgan fingerprint density at radius 3 is 2.16 bits per heavy atom. The zero-order chi connectivity index (χ0) is 18.4. The molecule has 0 aromatic heterocycles. The van der Waals surface area contributed by atoms with Crippen LogP contribution >= 0.6 is 0 Å². The lowest BCUT2D eigenvalue weighted by molar-refractivity contribution is -0.158. The van der Waals surface area contributed by atoms with Crippen molar-refractivity contribution in [3.05, 3.63) is 47.2 Å². The van der Waals surface area contributed by atoms with E-state index in [0.717, 1.165) is 31.2 Å². The highest BCUT2D eigenvalue weighted by Gasteiger charge is 2.42. The van der Waals surface area contributed by atoms with Crippen LogP contribution in [-0.2, 0) is 14.3 Å². The van der Waals surface area contributed by atoms with Gasteiger partial charge in [-0.05, 0) is 24.8 Å². The van der Waals surface area contributed by atoms with Crippen LogP contribution in [0.2, 0.25) is 0 Å². The van der Waals surface area contributed by atoms with Gasteiger partial charge in [0.05, 0.1) is 5.57 Å². The topological polar surface area (TPSA) is 63.6 Å². The van der Waals surface area contributed by atoms with Gasteiger partial charge >= 0.3 is 5.97 Å². The van der Waals surface area contributed by atoms with E-state index in [2.05, 4.69) is 0 Å². The van der Waals surface area contributed by atoms with Gasteiger partial charge in [0.2, 0.25) is 5.78 Å². The van der Waals surface area contributed by atoms with E-state index >= 15 is 0 Å².